The lowest BCUT2D eigenvalue weighted by Gasteiger charge is -1.96. The van der Waals surface area contributed by atoms with E-state index in [1.807, 2.05) is 6.07 Å². The molecule has 80 valence electrons. The maximum atomic E-state index is 5.29. The monoisotopic (exact) mass is 206 g/mol. The second-order valence-corrected chi connectivity index (χ2v) is 3.25. The molecular formula is C10H14N4O. The van der Waals surface area contributed by atoms with E-state index in [0.717, 1.165) is 25.2 Å². The van der Waals surface area contributed by atoms with E-state index in [-0.39, 0.29) is 0 Å². The smallest absolute Gasteiger partial charge is 0.322 e. The third-order valence-electron chi connectivity index (χ3n) is 1.97. The van der Waals surface area contributed by atoms with Crippen LogP contribution in [0.3, 0.4) is 0 Å². The molecule has 5 nitrogen and oxygen atoms in total. The van der Waals surface area contributed by atoms with E-state index < -0.39 is 0 Å². The fourth-order valence-electron chi connectivity index (χ4n) is 1.26. The summed E-state index contributed by atoms with van der Waals surface area (Å²) in [5.41, 5.74) is 0.897. The first-order chi connectivity index (χ1) is 7.40. The van der Waals surface area contributed by atoms with Gasteiger partial charge >= 0.3 is 6.01 Å². The van der Waals surface area contributed by atoms with Gasteiger partial charge in [0.2, 0.25) is 0 Å². The quantitative estimate of drug-likeness (QED) is 0.750. The highest BCUT2D eigenvalue weighted by molar-refractivity contribution is 5.08. The zero-order valence-corrected chi connectivity index (χ0v) is 8.68. The van der Waals surface area contributed by atoms with E-state index in [2.05, 4.69) is 22.3 Å². The first-order valence-electron chi connectivity index (χ1n) is 5.05. The predicted octanol–water partition coefficient (Wildman–Crippen LogP) is 1.36. The molecule has 0 spiro atoms. The molecule has 15 heavy (non-hydrogen) atoms. The Bertz CT molecular complexity index is 393. The highest BCUT2D eigenvalue weighted by Gasteiger charge is 2.04. The van der Waals surface area contributed by atoms with Gasteiger partial charge in [-0.05, 0) is 19.0 Å². The molecule has 1 N–H and O–H groups in total. The maximum Gasteiger partial charge on any atom is 0.322 e. The average Bonchev–Trinajstić information content (AvgIpc) is 2.87. The third kappa shape index (κ3) is 2.44. The van der Waals surface area contributed by atoms with Crippen LogP contribution < -0.4 is 5.32 Å². The SMILES string of the molecule is CCCNCc1coc(-n2cccn2)n1. The molecule has 0 aliphatic carbocycles. The van der Waals surface area contributed by atoms with Gasteiger partial charge in [0.1, 0.15) is 6.26 Å². The summed E-state index contributed by atoms with van der Waals surface area (Å²) in [6.07, 6.45) is 6.26. The molecule has 0 saturated heterocycles. The van der Waals surface area contributed by atoms with Crippen molar-refractivity contribution < 1.29 is 4.42 Å². The normalized spacial score (nSPS) is 10.7. The molecule has 2 aromatic rings. The van der Waals surface area contributed by atoms with E-state index in [1.165, 1.54) is 0 Å². The topological polar surface area (TPSA) is 55.9 Å². The van der Waals surface area contributed by atoms with Crippen molar-refractivity contribution in [3.8, 4) is 6.01 Å². The molecule has 5 heteroatoms. The Hall–Kier alpha value is -1.62. The van der Waals surface area contributed by atoms with Gasteiger partial charge in [0.15, 0.2) is 0 Å². The number of hydrogen-bond donors (Lipinski definition) is 1. The van der Waals surface area contributed by atoms with Crippen LogP contribution in [0.1, 0.15) is 19.0 Å². The minimum atomic E-state index is 0.508. The zero-order valence-electron chi connectivity index (χ0n) is 8.68. The predicted molar refractivity (Wildman–Crippen MR) is 55.6 cm³/mol. The van der Waals surface area contributed by atoms with E-state index in [9.17, 15) is 0 Å². The Morgan fingerprint density at radius 2 is 2.47 bits per heavy atom. The molecule has 2 rings (SSSR count). The molecule has 0 bridgehead atoms. The third-order valence-corrected chi connectivity index (χ3v) is 1.97. The first-order valence-corrected chi connectivity index (χ1v) is 5.05. The van der Waals surface area contributed by atoms with Gasteiger partial charge in [-0.15, -0.1) is 0 Å². The van der Waals surface area contributed by atoms with Gasteiger partial charge in [0, 0.05) is 18.9 Å². The highest BCUT2D eigenvalue weighted by atomic mass is 16.4. The van der Waals surface area contributed by atoms with Crippen molar-refractivity contribution in [3.63, 3.8) is 0 Å². The minimum Gasteiger partial charge on any atom is -0.430 e. The first kappa shape index (κ1) is 9.92. The van der Waals surface area contributed by atoms with Crippen LogP contribution in [0.15, 0.2) is 29.1 Å². The Kier molecular flexibility index (Phi) is 3.14. The van der Waals surface area contributed by atoms with Crippen LogP contribution in [0.25, 0.3) is 6.01 Å². The summed E-state index contributed by atoms with van der Waals surface area (Å²) in [6.45, 7) is 3.85. The molecule has 2 aromatic heterocycles. The van der Waals surface area contributed by atoms with Gasteiger partial charge in [-0.2, -0.15) is 14.8 Å². The van der Waals surface area contributed by atoms with Crippen molar-refractivity contribution in [1.82, 2.24) is 20.1 Å². The second-order valence-electron chi connectivity index (χ2n) is 3.25. The van der Waals surface area contributed by atoms with Crippen molar-refractivity contribution in [2.75, 3.05) is 6.54 Å². The van der Waals surface area contributed by atoms with Gasteiger partial charge in [-0.3, -0.25) is 0 Å². The Balaban J connectivity index is 1.98. The molecule has 0 radical (unpaired) electrons. The molecule has 0 fully saturated rings. The lowest BCUT2D eigenvalue weighted by atomic mass is 10.4. The molecular weight excluding hydrogens is 192 g/mol. The highest BCUT2D eigenvalue weighted by Crippen LogP contribution is 2.05. The van der Waals surface area contributed by atoms with Gasteiger partial charge in [0.05, 0.1) is 5.69 Å². The van der Waals surface area contributed by atoms with E-state index in [0.29, 0.717) is 6.01 Å². The molecule has 0 unspecified atom stereocenters. The van der Waals surface area contributed by atoms with Crippen molar-refractivity contribution in [2.45, 2.75) is 19.9 Å². The lowest BCUT2D eigenvalue weighted by Crippen LogP contribution is -2.14. The molecule has 0 aliphatic heterocycles. The van der Waals surface area contributed by atoms with Gasteiger partial charge in [-0.25, -0.2) is 0 Å². The molecule has 2 heterocycles. The summed E-state index contributed by atoms with van der Waals surface area (Å²) in [7, 11) is 0. The fraction of sp³-hybridized carbons (Fsp3) is 0.400. The summed E-state index contributed by atoms with van der Waals surface area (Å²) in [5.74, 6) is 0. The van der Waals surface area contributed by atoms with Crippen molar-refractivity contribution in [1.29, 1.82) is 0 Å². The van der Waals surface area contributed by atoms with Crippen LogP contribution >= 0.6 is 0 Å². The molecule has 0 aliphatic rings. The van der Waals surface area contributed by atoms with Crippen LogP contribution in [0, 0.1) is 0 Å². The number of nitrogens with one attached hydrogen (secondary N) is 1. The van der Waals surface area contributed by atoms with Crippen LogP contribution in [-0.2, 0) is 6.54 Å². The zero-order chi connectivity index (χ0) is 10.5. The maximum absolute atomic E-state index is 5.29. The molecule has 0 aromatic carbocycles. The minimum absolute atomic E-state index is 0.508. The molecule has 0 saturated carbocycles. The Morgan fingerprint density at radius 3 is 3.20 bits per heavy atom. The van der Waals surface area contributed by atoms with Gasteiger partial charge in [-0.1, -0.05) is 6.92 Å². The number of rotatable bonds is 5. The number of aromatic nitrogens is 3. The molecule has 0 amide bonds. The number of oxazole rings is 1. The summed E-state index contributed by atoms with van der Waals surface area (Å²) in [6, 6.07) is 2.34. The van der Waals surface area contributed by atoms with Crippen LogP contribution in [0.4, 0.5) is 0 Å². The van der Waals surface area contributed by atoms with Gasteiger partial charge < -0.3 is 9.73 Å². The largest absolute Gasteiger partial charge is 0.430 e. The van der Waals surface area contributed by atoms with E-state index in [4.69, 9.17) is 4.42 Å². The van der Waals surface area contributed by atoms with Crippen LogP contribution in [0.5, 0.6) is 0 Å². The summed E-state index contributed by atoms with van der Waals surface area (Å²) < 4.78 is 6.89. The standard InChI is InChI=1S/C10H14N4O/c1-2-4-11-7-9-8-15-10(13-9)14-6-3-5-12-14/h3,5-6,8,11H,2,4,7H2,1H3. The van der Waals surface area contributed by atoms with Gasteiger partial charge in [0.25, 0.3) is 0 Å². The number of nitrogens with zero attached hydrogens (tertiary/aromatic N) is 3. The Labute approximate surface area is 88.1 Å². The van der Waals surface area contributed by atoms with Crippen molar-refractivity contribution in [2.24, 2.45) is 0 Å². The number of hydrogen-bond acceptors (Lipinski definition) is 4. The summed E-state index contributed by atoms with van der Waals surface area (Å²) in [5, 5.41) is 7.29. The van der Waals surface area contributed by atoms with Crippen molar-refractivity contribution in [3.05, 3.63) is 30.4 Å². The van der Waals surface area contributed by atoms with Crippen LogP contribution in [0.2, 0.25) is 0 Å². The van der Waals surface area contributed by atoms with E-state index in [1.54, 1.807) is 23.3 Å². The van der Waals surface area contributed by atoms with Crippen molar-refractivity contribution >= 4 is 0 Å². The fourth-order valence-corrected chi connectivity index (χ4v) is 1.26. The Morgan fingerprint density at radius 1 is 1.53 bits per heavy atom. The second kappa shape index (κ2) is 4.75. The van der Waals surface area contributed by atoms with Crippen LogP contribution in [-0.4, -0.2) is 21.3 Å². The average molecular weight is 206 g/mol. The molecule has 0 atom stereocenters. The lowest BCUT2D eigenvalue weighted by molar-refractivity contribution is 0.509. The summed E-state index contributed by atoms with van der Waals surface area (Å²) in [4.78, 5) is 4.30. The summed E-state index contributed by atoms with van der Waals surface area (Å²) >= 11 is 0. The van der Waals surface area contributed by atoms with E-state index >= 15 is 0 Å².